The number of rotatable bonds is 7. The molecule has 1 atom stereocenters. The smallest absolute Gasteiger partial charge is 0.255 e. The molecule has 0 radical (unpaired) electrons. The third kappa shape index (κ3) is 5.06. The van der Waals surface area contributed by atoms with E-state index in [1.54, 1.807) is 41.6 Å². The molecule has 0 aliphatic carbocycles. The number of nitrogens with one attached hydrogen (secondary N) is 1. The zero-order chi connectivity index (χ0) is 21.5. The maximum absolute atomic E-state index is 13.2. The summed E-state index contributed by atoms with van der Waals surface area (Å²) >= 11 is 0. The van der Waals surface area contributed by atoms with E-state index in [0.29, 0.717) is 50.0 Å². The van der Waals surface area contributed by atoms with Crippen molar-refractivity contribution in [2.75, 3.05) is 37.7 Å². The Morgan fingerprint density at radius 1 is 1.07 bits per heavy atom. The molecule has 1 aromatic heterocycles. The Labute approximate surface area is 177 Å². The van der Waals surface area contributed by atoms with E-state index in [1.165, 1.54) is 0 Å². The van der Waals surface area contributed by atoms with E-state index < -0.39 is 6.04 Å². The molecule has 1 fully saturated rings. The van der Waals surface area contributed by atoms with Crippen LogP contribution in [0.4, 0.5) is 5.95 Å². The van der Waals surface area contributed by atoms with Gasteiger partial charge >= 0.3 is 0 Å². The lowest BCUT2D eigenvalue weighted by Gasteiger charge is -2.37. The molecular weight excluding hydrogens is 382 g/mol. The standard InChI is InChI=1S/C22H29N5O3/c1-4-30-18-9-6-5-8-17(18)20(28)25-19(16(2)3)21(29)26-12-14-27(15-13-26)22-23-10-7-11-24-22/h5-11,16,19H,4,12-15H2,1-3H3,(H,25,28)/t19-/m1/s1. The summed E-state index contributed by atoms with van der Waals surface area (Å²) in [6.45, 7) is 8.64. The highest BCUT2D eigenvalue weighted by Gasteiger charge is 2.31. The number of piperazine rings is 1. The highest BCUT2D eigenvalue weighted by atomic mass is 16.5. The molecule has 160 valence electrons. The fourth-order valence-corrected chi connectivity index (χ4v) is 3.45. The van der Waals surface area contributed by atoms with Crippen LogP contribution < -0.4 is 15.0 Å². The molecule has 1 aliphatic heterocycles. The zero-order valence-corrected chi connectivity index (χ0v) is 17.7. The molecule has 0 bridgehead atoms. The van der Waals surface area contributed by atoms with E-state index >= 15 is 0 Å². The zero-order valence-electron chi connectivity index (χ0n) is 17.7. The largest absolute Gasteiger partial charge is 0.493 e. The highest BCUT2D eigenvalue weighted by Crippen LogP contribution is 2.19. The Balaban J connectivity index is 1.65. The van der Waals surface area contributed by atoms with Crippen molar-refractivity contribution in [1.82, 2.24) is 20.2 Å². The van der Waals surface area contributed by atoms with Crippen LogP contribution in [0.2, 0.25) is 0 Å². The second kappa shape index (κ2) is 10.0. The van der Waals surface area contributed by atoms with Gasteiger partial charge in [-0.2, -0.15) is 0 Å². The van der Waals surface area contributed by atoms with Crippen molar-refractivity contribution in [1.29, 1.82) is 0 Å². The van der Waals surface area contributed by atoms with E-state index in [2.05, 4.69) is 20.2 Å². The summed E-state index contributed by atoms with van der Waals surface area (Å²) < 4.78 is 5.56. The third-order valence-electron chi connectivity index (χ3n) is 5.08. The monoisotopic (exact) mass is 411 g/mol. The number of hydrogen-bond donors (Lipinski definition) is 1. The first kappa shape index (κ1) is 21.5. The number of carbonyl (C=O) groups is 2. The number of para-hydroxylation sites is 1. The lowest BCUT2D eigenvalue weighted by atomic mass is 10.0. The van der Waals surface area contributed by atoms with Crippen LogP contribution in [-0.2, 0) is 4.79 Å². The fourth-order valence-electron chi connectivity index (χ4n) is 3.45. The van der Waals surface area contributed by atoms with Crippen molar-refractivity contribution in [2.24, 2.45) is 5.92 Å². The van der Waals surface area contributed by atoms with Gasteiger partial charge in [-0.05, 0) is 31.0 Å². The lowest BCUT2D eigenvalue weighted by molar-refractivity contribution is -0.134. The van der Waals surface area contributed by atoms with Crippen LogP contribution in [0.3, 0.4) is 0 Å². The Hall–Kier alpha value is -3.16. The molecule has 2 aromatic rings. The molecule has 1 aromatic carbocycles. The molecule has 8 nitrogen and oxygen atoms in total. The van der Waals surface area contributed by atoms with Gasteiger partial charge in [0.15, 0.2) is 0 Å². The topological polar surface area (TPSA) is 87.7 Å². The molecule has 1 saturated heterocycles. The maximum atomic E-state index is 13.2. The third-order valence-corrected chi connectivity index (χ3v) is 5.08. The number of ether oxygens (including phenoxy) is 1. The molecule has 1 aliphatic rings. The van der Waals surface area contributed by atoms with Crippen molar-refractivity contribution in [2.45, 2.75) is 26.8 Å². The number of amides is 2. The van der Waals surface area contributed by atoms with Gasteiger partial charge < -0.3 is 19.9 Å². The molecular formula is C22H29N5O3. The molecule has 0 saturated carbocycles. The summed E-state index contributed by atoms with van der Waals surface area (Å²) in [4.78, 5) is 38.5. The van der Waals surface area contributed by atoms with Crippen LogP contribution in [0, 0.1) is 5.92 Å². The summed E-state index contributed by atoms with van der Waals surface area (Å²) in [6, 6.07) is 8.25. The average molecular weight is 412 g/mol. The van der Waals surface area contributed by atoms with Crippen LogP contribution in [-0.4, -0.2) is 65.5 Å². The van der Waals surface area contributed by atoms with Gasteiger partial charge in [-0.15, -0.1) is 0 Å². The van der Waals surface area contributed by atoms with Gasteiger partial charge in [0.2, 0.25) is 11.9 Å². The summed E-state index contributed by atoms with van der Waals surface area (Å²) in [6.07, 6.45) is 3.43. The maximum Gasteiger partial charge on any atom is 0.255 e. The predicted molar refractivity (Wildman–Crippen MR) is 115 cm³/mol. The summed E-state index contributed by atoms with van der Waals surface area (Å²) in [5.41, 5.74) is 0.434. The summed E-state index contributed by atoms with van der Waals surface area (Å²) in [5.74, 6) is 0.772. The van der Waals surface area contributed by atoms with Crippen LogP contribution in [0.5, 0.6) is 5.75 Å². The van der Waals surface area contributed by atoms with Crippen molar-refractivity contribution < 1.29 is 14.3 Å². The van der Waals surface area contributed by atoms with Crippen LogP contribution in [0.15, 0.2) is 42.7 Å². The van der Waals surface area contributed by atoms with Crippen molar-refractivity contribution in [3.8, 4) is 5.75 Å². The molecule has 3 rings (SSSR count). The van der Waals surface area contributed by atoms with Gasteiger partial charge in [0, 0.05) is 38.6 Å². The Bertz CT molecular complexity index is 851. The van der Waals surface area contributed by atoms with E-state index in [4.69, 9.17) is 4.74 Å². The first-order chi connectivity index (χ1) is 14.5. The average Bonchev–Trinajstić information content (AvgIpc) is 2.78. The van der Waals surface area contributed by atoms with Crippen molar-refractivity contribution >= 4 is 17.8 Å². The Kier molecular flexibility index (Phi) is 7.21. The van der Waals surface area contributed by atoms with Gasteiger partial charge in [-0.3, -0.25) is 9.59 Å². The molecule has 30 heavy (non-hydrogen) atoms. The number of hydrogen-bond acceptors (Lipinski definition) is 6. The van der Waals surface area contributed by atoms with E-state index in [1.807, 2.05) is 26.8 Å². The first-order valence-corrected chi connectivity index (χ1v) is 10.3. The highest BCUT2D eigenvalue weighted by molar-refractivity contribution is 5.99. The minimum absolute atomic E-state index is 0.0452. The lowest BCUT2D eigenvalue weighted by Crippen LogP contribution is -2.56. The summed E-state index contributed by atoms with van der Waals surface area (Å²) in [5, 5.41) is 2.92. The molecule has 0 unspecified atom stereocenters. The molecule has 1 N–H and O–H groups in total. The van der Waals surface area contributed by atoms with Crippen molar-refractivity contribution in [3.05, 3.63) is 48.3 Å². The number of carbonyl (C=O) groups excluding carboxylic acids is 2. The molecule has 0 spiro atoms. The van der Waals surface area contributed by atoms with E-state index in [9.17, 15) is 9.59 Å². The van der Waals surface area contributed by atoms with Gasteiger partial charge in [-0.25, -0.2) is 9.97 Å². The number of aromatic nitrogens is 2. The first-order valence-electron chi connectivity index (χ1n) is 10.3. The van der Waals surface area contributed by atoms with Gasteiger partial charge in [0.25, 0.3) is 5.91 Å². The molecule has 8 heteroatoms. The SMILES string of the molecule is CCOc1ccccc1C(=O)N[C@@H](C(=O)N1CCN(c2ncccn2)CC1)C(C)C. The second-order valence-corrected chi connectivity index (χ2v) is 7.49. The van der Waals surface area contributed by atoms with Gasteiger partial charge in [0.1, 0.15) is 11.8 Å². The molecule has 2 amide bonds. The second-order valence-electron chi connectivity index (χ2n) is 7.49. The van der Waals surface area contributed by atoms with E-state index in [0.717, 1.165) is 0 Å². The normalized spacial score (nSPS) is 15.1. The minimum Gasteiger partial charge on any atom is -0.493 e. The number of nitrogens with zero attached hydrogens (tertiary/aromatic N) is 4. The fraction of sp³-hybridized carbons (Fsp3) is 0.455. The Morgan fingerprint density at radius 3 is 2.37 bits per heavy atom. The van der Waals surface area contributed by atoms with Gasteiger partial charge in [-0.1, -0.05) is 26.0 Å². The van der Waals surface area contributed by atoms with Crippen molar-refractivity contribution in [3.63, 3.8) is 0 Å². The van der Waals surface area contributed by atoms with Crippen LogP contribution >= 0.6 is 0 Å². The number of benzene rings is 1. The minimum atomic E-state index is -0.605. The predicted octanol–water partition coefficient (Wildman–Crippen LogP) is 1.98. The quantitative estimate of drug-likeness (QED) is 0.750. The Morgan fingerprint density at radius 2 is 1.73 bits per heavy atom. The van der Waals surface area contributed by atoms with Gasteiger partial charge in [0.05, 0.1) is 12.2 Å². The summed E-state index contributed by atoms with van der Waals surface area (Å²) in [7, 11) is 0. The van der Waals surface area contributed by atoms with Crippen LogP contribution in [0.25, 0.3) is 0 Å². The van der Waals surface area contributed by atoms with Crippen LogP contribution in [0.1, 0.15) is 31.1 Å². The van der Waals surface area contributed by atoms with E-state index in [-0.39, 0.29) is 17.7 Å². The number of anilines is 1. The molecule has 2 heterocycles.